The highest BCUT2D eigenvalue weighted by atomic mass is 16.6. The number of unbranched alkanes of at least 4 members (excludes halogenated alkanes) is 24. The van der Waals surface area contributed by atoms with Crippen molar-refractivity contribution in [1.29, 1.82) is 0 Å². The van der Waals surface area contributed by atoms with Gasteiger partial charge in [-0.3, -0.25) is 9.59 Å². The Balaban J connectivity index is 3.53. The minimum Gasteiger partial charge on any atom is -0.462 e. The zero-order valence-corrected chi connectivity index (χ0v) is 49.2. The number of aliphatic hydroxyl groups excluding tert-OH is 1. The Morgan fingerprint density at radius 3 is 0.789 bits per heavy atom. The van der Waals surface area contributed by atoms with E-state index in [1.165, 1.54) is 128 Å². The maximum atomic E-state index is 12.3. The van der Waals surface area contributed by atoms with Gasteiger partial charge in [-0.15, -0.1) is 0 Å². The van der Waals surface area contributed by atoms with Crippen molar-refractivity contribution in [3.05, 3.63) is 146 Å². The van der Waals surface area contributed by atoms with Crippen LogP contribution in [0.4, 0.5) is 0 Å². The van der Waals surface area contributed by atoms with E-state index in [1.54, 1.807) is 0 Å². The molecule has 1 N–H and O–H groups in total. The van der Waals surface area contributed by atoms with Crippen LogP contribution in [0.3, 0.4) is 0 Å². The molecule has 0 saturated carbocycles. The lowest BCUT2D eigenvalue weighted by molar-refractivity contribution is -0.161. The van der Waals surface area contributed by atoms with Crippen LogP contribution in [-0.4, -0.2) is 36.4 Å². The standard InChI is InChI=1S/C71H116O5/c1-3-5-7-9-11-13-15-17-19-21-23-25-27-29-31-32-33-34-35-36-37-38-40-42-44-46-48-50-52-54-56-58-60-62-64-66-71(74)76-69(67-72)68-75-70(73)65-63-61-59-57-55-53-51-49-47-45-43-41-39-30-28-26-24-22-20-18-16-14-12-10-8-6-4-2/h5-8,11-14,17-20,23-26,29-31,33-34,36-37,39,69,72H,3-4,9-10,15-16,21-22,27-28,32,35,38,40-68H2,1-2H3/b7-5-,8-6-,13-11-,14-12-,19-17-,20-18-,25-23-,26-24-,31-29-,34-33-,37-36-,39-30-. The number of aliphatic hydroxyl groups is 1. The molecular weight excluding hydrogens is 933 g/mol. The van der Waals surface area contributed by atoms with Crippen molar-refractivity contribution in [2.24, 2.45) is 0 Å². The van der Waals surface area contributed by atoms with Crippen molar-refractivity contribution in [2.45, 2.75) is 277 Å². The molecule has 76 heavy (non-hydrogen) atoms. The lowest BCUT2D eigenvalue weighted by atomic mass is 10.0. The van der Waals surface area contributed by atoms with Crippen molar-refractivity contribution >= 4 is 11.9 Å². The molecule has 0 aromatic carbocycles. The van der Waals surface area contributed by atoms with Crippen molar-refractivity contribution < 1.29 is 24.2 Å². The zero-order valence-electron chi connectivity index (χ0n) is 49.2. The highest BCUT2D eigenvalue weighted by Gasteiger charge is 2.16. The monoisotopic (exact) mass is 1050 g/mol. The van der Waals surface area contributed by atoms with Gasteiger partial charge in [0.25, 0.3) is 0 Å². The molecule has 0 heterocycles. The van der Waals surface area contributed by atoms with Gasteiger partial charge in [-0.2, -0.15) is 0 Å². The fraction of sp³-hybridized carbons (Fsp3) is 0.634. The molecule has 5 heteroatoms. The molecule has 0 aliphatic carbocycles. The molecule has 0 saturated heterocycles. The Bertz CT molecular complexity index is 1610. The molecule has 1 atom stereocenters. The van der Waals surface area contributed by atoms with Gasteiger partial charge in [-0.25, -0.2) is 0 Å². The number of ether oxygens (including phenoxy) is 2. The molecule has 0 spiro atoms. The lowest BCUT2D eigenvalue weighted by Crippen LogP contribution is -2.28. The molecule has 0 fully saturated rings. The molecule has 0 aliphatic rings. The van der Waals surface area contributed by atoms with Gasteiger partial charge in [0, 0.05) is 12.8 Å². The largest absolute Gasteiger partial charge is 0.462 e. The summed E-state index contributed by atoms with van der Waals surface area (Å²) in [6.07, 6.45) is 98.3. The maximum Gasteiger partial charge on any atom is 0.306 e. The summed E-state index contributed by atoms with van der Waals surface area (Å²) in [5, 5.41) is 9.68. The molecule has 0 rings (SSSR count). The van der Waals surface area contributed by atoms with Crippen molar-refractivity contribution in [3.8, 4) is 0 Å². The average Bonchev–Trinajstić information content (AvgIpc) is 3.42. The van der Waals surface area contributed by atoms with Gasteiger partial charge in [-0.1, -0.05) is 288 Å². The molecule has 1 unspecified atom stereocenters. The minimum atomic E-state index is -0.785. The number of carbonyl (C=O) groups excluding carboxylic acids is 2. The smallest absolute Gasteiger partial charge is 0.306 e. The topological polar surface area (TPSA) is 72.8 Å². The summed E-state index contributed by atoms with van der Waals surface area (Å²) in [4.78, 5) is 24.6. The first kappa shape index (κ1) is 71.8. The van der Waals surface area contributed by atoms with Crippen LogP contribution in [-0.2, 0) is 19.1 Å². The van der Waals surface area contributed by atoms with E-state index < -0.39 is 6.10 Å². The summed E-state index contributed by atoms with van der Waals surface area (Å²) in [5.74, 6) is -0.598. The molecule has 0 bridgehead atoms. The summed E-state index contributed by atoms with van der Waals surface area (Å²) in [7, 11) is 0. The minimum absolute atomic E-state index is 0.0745. The van der Waals surface area contributed by atoms with Crippen LogP contribution in [0.2, 0.25) is 0 Å². The summed E-state index contributed by atoms with van der Waals surface area (Å²) in [5.41, 5.74) is 0. The van der Waals surface area contributed by atoms with E-state index in [1.807, 2.05) is 0 Å². The number of carbonyl (C=O) groups is 2. The maximum absolute atomic E-state index is 12.3. The summed E-state index contributed by atoms with van der Waals surface area (Å²) in [6.45, 7) is 3.92. The van der Waals surface area contributed by atoms with Gasteiger partial charge >= 0.3 is 11.9 Å². The fourth-order valence-corrected chi connectivity index (χ4v) is 8.50. The summed E-state index contributed by atoms with van der Waals surface area (Å²) < 4.78 is 10.7. The molecule has 0 aromatic rings. The van der Waals surface area contributed by atoms with Crippen molar-refractivity contribution in [3.63, 3.8) is 0 Å². The van der Waals surface area contributed by atoms with Crippen LogP contribution in [0.5, 0.6) is 0 Å². The highest BCUT2D eigenvalue weighted by Crippen LogP contribution is 2.16. The number of hydrogen-bond acceptors (Lipinski definition) is 5. The van der Waals surface area contributed by atoms with E-state index in [0.717, 1.165) is 116 Å². The lowest BCUT2D eigenvalue weighted by Gasteiger charge is -2.15. The molecule has 0 amide bonds. The summed E-state index contributed by atoms with van der Waals surface area (Å²) in [6, 6.07) is 0. The Morgan fingerprint density at radius 1 is 0.303 bits per heavy atom. The first-order chi connectivity index (χ1) is 37.6. The van der Waals surface area contributed by atoms with Gasteiger partial charge in [0.1, 0.15) is 6.61 Å². The number of hydrogen-bond donors (Lipinski definition) is 1. The predicted octanol–water partition coefficient (Wildman–Crippen LogP) is 21.8. The Kier molecular flexibility index (Phi) is 61.5. The Morgan fingerprint density at radius 2 is 0.526 bits per heavy atom. The normalized spacial score (nSPS) is 13.2. The van der Waals surface area contributed by atoms with E-state index in [4.69, 9.17) is 9.47 Å². The van der Waals surface area contributed by atoms with E-state index >= 15 is 0 Å². The third kappa shape index (κ3) is 62.3. The van der Waals surface area contributed by atoms with E-state index in [2.05, 4.69) is 160 Å². The van der Waals surface area contributed by atoms with Crippen molar-refractivity contribution in [1.82, 2.24) is 0 Å². The zero-order chi connectivity index (χ0) is 54.8. The van der Waals surface area contributed by atoms with E-state index in [-0.39, 0.29) is 25.2 Å². The highest BCUT2D eigenvalue weighted by molar-refractivity contribution is 5.70. The van der Waals surface area contributed by atoms with Crippen molar-refractivity contribution in [2.75, 3.05) is 13.2 Å². The number of allylic oxidation sites excluding steroid dienone is 24. The molecular formula is C71H116O5. The van der Waals surface area contributed by atoms with Crippen LogP contribution in [0.25, 0.3) is 0 Å². The first-order valence-electron chi connectivity index (χ1n) is 31.4. The van der Waals surface area contributed by atoms with Gasteiger partial charge in [-0.05, 0) is 116 Å². The molecule has 5 nitrogen and oxygen atoms in total. The number of esters is 2. The van der Waals surface area contributed by atoms with Crippen LogP contribution in [0, 0.1) is 0 Å². The van der Waals surface area contributed by atoms with Gasteiger partial charge in [0.15, 0.2) is 6.10 Å². The van der Waals surface area contributed by atoms with Gasteiger partial charge in [0.2, 0.25) is 0 Å². The van der Waals surface area contributed by atoms with Gasteiger partial charge in [0.05, 0.1) is 6.61 Å². The second kappa shape index (κ2) is 65.1. The quantitative estimate of drug-likeness (QED) is 0.0373. The third-order valence-corrected chi connectivity index (χ3v) is 13.1. The SMILES string of the molecule is CC/C=C\C/C=C\C/C=C\C/C=C\C/C=C\C/C=C\C/C=C\CCCCCCCCCCCCCCCC(=O)OC(CO)COC(=O)CCCCCCCCCCCCC/C=C\C/C=C\C/C=C\C/C=C\C/C=C\CC. The second-order valence-corrected chi connectivity index (χ2v) is 20.4. The Labute approximate surface area is 469 Å². The number of rotatable bonds is 56. The van der Waals surface area contributed by atoms with E-state index in [9.17, 15) is 14.7 Å². The second-order valence-electron chi connectivity index (χ2n) is 20.4. The summed E-state index contributed by atoms with van der Waals surface area (Å²) >= 11 is 0. The first-order valence-corrected chi connectivity index (χ1v) is 31.4. The van der Waals surface area contributed by atoms with Crippen LogP contribution in [0.1, 0.15) is 271 Å². The van der Waals surface area contributed by atoms with E-state index in [0.29, 0.717) is 12.8 Å². The van der Waals surface area contributed by atoms with Crippen LogP contribution < -0.4 is 0 Å². The third-order valence-electron chi connectivity index (χ3n) is 13.1. The van der Waals surface area contributed by atoms with Crippen LogP contribution in [0.15, 0.2) is 146 Å². The molecule has 0 aliphatic heterocycles. The van der Waals surface area contributed by atoms with Crippen LogP contribution >= 0.6 is 0 Å². The fourth-order valence-electron chi connectivity index (χ4n) is 8.50. The van der Waals surface area contributed by atoms with Gasteiger partial charge < -0.3 is 14.6 Å². The predicted molar refractivity (Wildman–Crippen MR) is 334 cm³/mol. The molecule has 430 valence electrons. The molecule has 0 aromatic heterocycles. The Hall–Kier alpha value is -4.22. The molecule has 0 radical (unpaired) electrons. The average molecular weight is 1050 g/mol.